The highest BCUT2D eigenvalue weighted by Gasteiger charge is 2.34. The molecule has 1 atom stereocenters. The Hall–Kier alpha value is -1.06. The third-order valence-electron chi connectivity index (χ3n) is 4.80. The summed E-state index contributed by atoms with van der Waals surface area (Å²) in [5.41, 5.74) is 2.21. The third kappa shape index (κ3) is 3.24. The van der Waals surface area contributed by atoms with E-state index < -0.39 is 0 Å². The molecule has 1 aliphatic carbocycles. The summed E-state index contributed by atoms with van der Waals surface area (Å²) in [7, 11) is 0. The summed E-state index contributed by atoms with van der Waals surface area (Å²) < 4.78 is 0. The van der Waals surface area contributed by atoms with Gasteiger partial charge in [0.2, 0.25) is 5.91 Å². The molecule has 2 fully saturated rings. The lowest BCUT2D eigenvalue weighted by Gasteiger charge is -2.35. The predicted octanol–water partition coefficient (Wildman–Crippen LogP) is 3.14. The van der Waals surface area contributed by atoms with E-state index in [1.54, 1.807) is 0 Å². The second kappa shape index (κ2) is 6.37. The molecule has 3 nitrogen and oxygen atoms in total. The molecule has 1 amide bonds. The van der Waals surface area contributed by atoms with Gasteiger partial charge in [-0.05, 0) is 49.9 Å². The molecule has 1 aliphatic heterocycles. The molecule has 21 heavy (non-hydrogen) atoms. The number of nitrogens with zero attached hydrogens (tertiary/aromatic N) is 1. The zero-order valence-electron chi connectivity index (χ0n) is 12.6. The molecule has 0 bridgehead atoms. The SMILES string of the molecule is Cc1ccc(CN(C(=O)C2CCC2)[C@H]2CCNC2)cc1Cl. The Kier molecular flexibility index (Phi) is 4.51. The predicted molar refractivity (Wildman–Crippen MR) is 85.4 cm³/mol. The minimum atomic E-state index is 0.256. The number of halogens is 1. The molecule has 0 spiro atoms. The number of carbonyl (C=O) groups excluding carboxylic acids is 1. The molecular formula is C17H23ClN2O. The summed E-state index contributed by atoms with van der Waals surface area (Å²) in [6, 6.07) is 6.46. The van der Waals surface area contributed by atoms with Crippen LogP contribution in [-0.2, 0) is 11.3 Å². The van der Waals surface area contributed by atoms with E-state index in [0.29, 0.717) is 18.5 Å². The van der Waals surface area contributed by atoms with Crippen LogP contribution in [0.2, 0.25) is 5.02 Å². The van der Waals surface area contributed by atoms with Crippen molar-refractivity contribution < 1.29 is 4.79 Å². The van der Waals surface area contributed by atoms with E-state index in [4.69, 9.17) is 11.6 Å². The fourth-order valence-electron chi connectivity index (χ4n) is 3.11. The first-order valence-electron chi connectivity index (χ1n) is 7.91. The van der Waals surface area contributed by atoms with Gasteiger partial charge < -0.3 is 10.2 Å². The molecule has 1 N–H and O–H groups in total. The molecule has 1 heterocycles. The van der Waals surface area contributed by atoms with E-state index in [-0.39, 0.29) is 5.92 Å². The molecule has 1 aromatic carbocycles. The molecule has 3 rings (SSSR count). The van der Waals surface area contributed by atoms with Crippen LogP contribution in [0, 0.1) is 12.8 Å². The summed E-state index contributed by atoms with van der Waals surface area (Å²) in [5, 5.41) is 4.15. The Labute approximate surface area is 131 Å². The Morgan fingerprint density at radius 2 is 2.19 bits per heavy atom. The van der Waals surface area contributed by atoms with Gasteiger partial charge in [0.15, 0.2) is 0 Å². The zero-order valence-corrected chi connectivity index (χ0v) is 13.3. The first-order valence-corrected chi connectivity index (χ1v) is 8.29. The molecule has 2 aliphatic rings. The van der Waals surface area contributed by atoms with Gasteiger partial charge in [0.05, 0.1) is 0 Å². The topological polar surface area (TPSA) is 32.3 Å². The second-order valence-electron chi connectivity index (χ2n) is 6.32. The normalized spacial score (nSPS) is 22.1. The zero-order chi connectivity index (χ0) is 14.8. The molecule has 1 saturated heterocycles. The van der Waals surface area contributed by atoms with Crippen LogP contribution >= 0.6 is 11.6 Å². The molecule has 0 unspecified atom stereocenters. The smallest absolute Gasteiger partial charge is 0.226 e. The van der Waals surface area contributed by atoms with Gasteiger partial charge in [-0.15, -0.1) is 0 Å². The monoisotopic (exact) mass is 306 g/mol. The lowest BCUT2D eigenvalue weighted by molar-refractivity contribution is -0.141. The molecule has 0 radical (unpaired) electrons. The Balaban J connectivity index is 1.77. The van der Waals surface area contributed by atoms with E-state index >= 15 is 0 Å². The third-order valence-corrected chi connectivity index (χ3v) is 5.21. The number of aryl methyl sites for hydroxylation is 1. The molecular weight excluding hydrogens is 284 g/mol. The van der Waals surface area contributed by atoms with E-state index in [1.165, 1.54) is 6.42 Å². The van der Waals surface area contributed by atoms with Crippen LogP contribution in [0.1, 0.15) is 36.8 Å². The Bertz CT molecular complexity index is 522. The maximum atomic E-state index is 12.7. The van der Waals surface area contributed by atoms with Crippen molar-refractivity contribution in [2.75, 3.05) is 13.1 Å². The highest BCUT2D eigenvalue weighted by molar-refractivity contribution is 6.31. The number of benzene rings is 1. The van der Waals surface area contributed by atoms with Crippen LogP contribution in [-0.4, -0.2) is 29.9 Å². The molecule has 0 aromatic heterocycles. The first-order chi connectivity index (χ1) is 10.1. The van der Waals surface area contributed by atoms with Crippen LogP contribution in [0.15, 0.2) is 18.2 Å². The van der Waals surface area contributed by atoms with Crippen molar-refractivity contribution in [2.24, 2.45) is 5.92 Å². The highest BCUT2D eigenvalue weighted by Crippen LogP contribution is 2.30. The van der Waals surface area contributed by atoms with Crippen molar-refractivity contribution in [1.29, 1.82) is 0 Å². The summed E-state index contributed by atoms with van der Waals surface area (Å²) in [4.78, 5) is 14.8. The van der Waals surface area contributed by atoms with Crippen LogP contribution in [0.4, 0.5) is 0 Å². The number of hydrogen-bond donors (Lipinski definition) is 1. The molecule has 1 aromatic rings. The van der Waals surface area contributed by atoms with Crippen molar-refractivity contribution in [3.05, 3.63) is 34.3 Å². The number of carbonyl (C=O) groups is 1. The molecule has 1 saturated carbocycles. The Morgan fingerprint density at radius 3 is 2.76 bits per heavy atom. The first kappa shape index (κ1) is 14.9. The lowest BCUT2D eigenvalue weighted by atomic mass is 9.84. The average molecular weight is 307 g/mol. The summed E-state index contributed by atoms with van der Waals surface area (Å²) in [6.07, 6.45) is 4.37. The van der Waals surface area contributed by atoms with E-state index in [9.17, 15) is 4.79 Å². The molecule has 4 heteroatoms. The quantitative estimate of drug-likeness (QED) is 0.927. The van der Waals surface area contributed by atoms with E-state index in [2.05, 4.69) is 16.3 Å². The number of nitrogens with one attached hydrogen (secondary N) is 1. The van der Waals surface area contributed by atoms with Gasteiger partial charge in [-0.1, -0.05) is 30.2 Å². The van der Waals surface area contributed by atoms with Gasteiger partial charge >= 0.3 is 0 Å². The van der Waals surface area contributed by atoms with Crippen molar-refractivity contribution in [2.45, 2.75) is 45.2 Å². The fraction of sp³-hybridized carbons (Fsp3) is 0.588. The van der Waals surface area contributed by atoms with Gasteiger partial charge in [0.25, 0.3) is 0 Å². The summed E-state index contributed by atoms with van der Waals surface area (Å²) in [5.74, 6) is 0.596. The second-order valence-corrected chi connectivity index (χ2v) is 6.73. The van der Waals surface area contributed by atoms with Crippen LogP contribution in [0.25, 0.3) is 0 Å². The average Bonchev–Trinajstić information content (AvgIpc) is 2.91. The van der Waals surface area contributed by atoms with E-state index in [0.717, 1.165) is 48.5 Å². The minimum Gasteiger partial charge on any atom is -0.334 e. The van der Waals surface area contributed by atoms with Gasteiger partial charge in [0.1, 0.15) is 0 Å². The van der Waals surface area contributed by atoms with Crippen molar-refractivity contribution in [3.8, 4) is 0 Å². The number of hydrogen-bond acceptors (Lipinski definition) is 2. The highest BCUT2D eigenvalue weighted by atomic mass is 35.5. The van der Waals surface area contributed by atoms with Gasteiger partial charge in [0, 0.05) is 30.1 Å². The Morgan fingerprint density at radius 1 is 1.38 bits per heavy atom. The van der Waals surface area contributed by atoms with Crippen LogP contribution < -0.4 is 5.32 Å². The van der Waals surface area contributed by atoms with Crippen LogP contribution in [0.3, 0.4) is 0 Å². The van der Waals surface area contributed by atoms with Crippen LogP contribution in [0.5, 0.6) is 0 Å². The van der Waals surface area contributed by atoms with Gasteiger partial charge in [-0.2, -0.15) is 0 Å². The van der Waals surface area contributed by atoms with Gasteiger partial charge in [-0.25, -0.2) is 0 Å². The minimum absolute atomic E-state index is 0.256. The fourth-order valence-corrected chi connectivity index (χ4v) is 3.32. The van der Waals surface area contributed by atoms with Crippen molar-refractivity contribution >= 4 is 17.5 Å². The maximum Gasteiger partial charge on any atom is 0.226 e. The van der Waals surface area contributed by atoms with Gasteiger partial charge in [-0.3, -0.25) is 4.79 Å². The number of rotatable bonds is 4. The summed E-state index contributed by atoms with van der Waals surface area (Å²) >= 11 is 6.22. The number of amides is 1. The standard InChI is InChI=1S/C17H23ClN2O/c1-12-5-6-13(9-16(12)18)11-20(15-7-8-19-10-15)17(21)14-3-2-4-14/h5-6,9,14-15,19H,2-4,7-8,10-11H2,1H3/t15-/m0/s1. The molecule has 114 valence electrons. The van der Waals surface area contributed by atoms with Crippen molar-refractivity contribution in [3.63, 3.8) is 0 Å². The van der Waals surface area contributed by atoms with E-state index in [1.807, 2.05) is 19.1 Å². The lowest BCUT2D eigenvalue weighted by Crippen LogP contribution is -2.45. The summed E-state index contributed by atoms with van der Waals surface area (Å²) in [6.45, 7) is 4.61. The maximum absolute atomic E-state index is 12.7. The largest absolute Gasteiger partial charge is 0.334 e. The van der Waals surface area contributed by atoms with Crippen molar-refractivity contribution in [1.82, 2.24) is 10.2 Å².